The highest BCUT2D eigenvalue weighted by molar-refractivity contribution is 5.91. The standard InChI is InChI=1S/C11H13NO2/c1-3-4-5-8-12-11(13)10-7-6-9(2)14-10/h6-7H,5,8H2,1-2H3,(H,12,13). The van der Waals surface area contributed by atoms with Gasteiger partial charge >= 0.3 is 0 Å². The van der Waals surface area contributed by atoms with Crippen molar-refractivity contribution in [2.75, 3.05) is 6.54 Å². The lowest BCUT2D eigenvalue weighted by Gasteiger charge is -1.98. The molecule has 0 aliphatic rings. The van der Waals surface area contributed by atoms with Crippen molar-refractivity contribution >= 4 is 5.91 Å². The Kier molecular flexibility index (Phi) is 3.81. The number of hydrogen-bond donors (Lipinski definition) is 1. The van der Waals surface area contributed by atoms with Crippen molar-refractivity contribution in [3.8, 4) is 11.8 Å². The zero-order valence-electron chi connectivity index (χ0n) is 8.39. The number of aryl methyl sites for hydroxylation is 1. The first kappa shape index (κ1) is 10.4. The van der Waals surface area contributed by atoms with Crippen molar-refractivity contribution in [3.63, 3.8) is 0 Å². The van der Waals surface area contributed by atoms with E-state index < -0.39 is 0 Å². The molecule has 0 radical (unpaired) electrons. The maximum absolute atomic E-state index is 11.4. The van der Waals surface area contributed by atoms with Crippen molar-refractivity contribution in [1.82, 2.24) is 5.32 Å². The first-order valence-corrected chi connectivity index (χ1v) is 4.48. The highest BCUT2D eigenvalue weighted by Crippen LogP contribution is 2.05. The summed E-state index contributed by atoms with van der Waals surface area (Å²) in [5, 5.41) is 2.71. The van der Waals surface area contributed by atoms with Crippen molar-refractivity contribution in [3.05, 3.63) is 23.7 Å². The van der Waals surface area contributed by atoms with E-state index >= 15 is 0 Å². The molecule has 3 heteroatoms. The minimum Gasteiger partial charge on any atom is -0.456 e. The third-order valence-corrected chi connectivity index (χ3v) is 1.68. The van der Waals surface area contributed by atoms with Gasteiger partial charge in [0.1, 0.15) is 5.76 Å². The fourth-order valence-electron chi connectivity index (χ4n) is 1.01. The maximum atomic E-state index is 11.4. The summed E-state index contributed by atoms with van der Waals surface area (Å²) < 4.78 is 5.15. The number of furan rings is 1. The third-order valence-electron chi connectivity index (χ3n) is 1.68. The van der Waals surface area contributed by atoms with Gasteiger partial charge in [-0.3, -0.25) is 4.79 Å². The van der Waals surface area contributed by atoms with E-state index in [4.69, 9.17) is 4.42 Å². The van der Waals surface area contributed by atoms with Gasteiger partial charge < -0.3 is 9.73 Å². The van der Waals surface area contributed by atoms with E-state index in [-0.39, 0.29) is 5.91 Å². The molecular formula is C11H13NO2. The van der Waals surface area contributed by atoms with Gasteiger partial charge in [0.15, 0.2) is 5.76 Å². The Hall–Kier alpha value is -1.69. The van der Waals surface area contributed by atoms with Gasteiger partial charge in [-0.25, -0.2) is 0 Å². The van der Waals surface area contributed by atoms with E-state index in [0.717, 1.165) is 5.76 Å². The molecule has 1 aromatic heterocycles. The first-order chi connectivity index (χ1) is 6.74. The number of amides is 1. The maximum Gasteiger partial charge on any atom is 0.287 e. The average Bonchev–Trinajstić information content (AvgIpc) is 2.59. The van der Waals surface area contributed by atoms with E-state index in [2.05, 4.69) is 17.2 Å². The molecule has 0 fully saturated rings. The Labute approximate surface area is 83.5 Å². The molecule has 0 aliphatic carbocycles. The Morgan fingerprint density at radius 2 is 2.36 bits per heavy atom. The van der Waals surface area contributed by atoms with Crippen LogP contribution in [0.25, 0.3) is 0 Å². The zero-order chi connectivity index (χ0) is 10.4. The van der Waals surface area contributed by atoms with Crippen LogP contribution in [0.5, 0.6) is 0 Å². The van der Waals surface area contributed by atoms with Crippen LogP contribution in [-0.2, 0) is 0 Å². The van der Waals surface area contributed by atoms with Gasteiger partial charge in [0, 0.05) is 13.0 Å². The summed E-state index contributed by atoms with van der Waals surface area (Å²) in [4.78, 5) is 11.4. The highest BCUT2D eigenvalue weighted by atomic mass is 16.3. The predicted octanol–water partition coefficient (Wildman–Crippen LogP) is 1.73. The number of carbonyl (C=O) groups is 1. The van der Waals surface area contributed by atoms with Crippen LogP contribution in [0.2, 0.25) is 0 Å². The minimum atomic E-state index is -0.184. The molecule has 1 rings (SSSR count). The van der Waals surface area contributed by atoms with Gasteiger partial charge in [0.25, 0.3) is 5.91 Å². The van der Waals surface area contributed by atoms with E-state index in [1.165, 1.54) is 0 Å². The number of carbonyl (C=O) groups excluding carboxylic acids is 1. The lowest BCUT2D eigenvalue weighted by atomic mass is 10.4. The Bertz CT molecular complexity index is 368. The predicted molar refractivity (Wildman–Crippen MR) is 53.8 cm³/mol. The molecule has 14 heavy (non-hydrogen) atoms. The average molecular weight is 191 g/mol. The van der Waals surface area contributed by atoms with Gasteiger partial charge in [-0.1, -0.05) is 0 Å². The van der Waals surface area contributed by atoms with Gasteiger partial charge in [-0.15, -0.1) is 11.8 Å². The van der Waals surface area contributed by atoms with Crippen LogP contribution in [0.15, 0.2) is 16.5 Å². The number of nitrogens with one attached hydrogen (secondary N) is 1. The lowest BCUT2D eigenvalue weighted by Crippen LogP contribution is -2.23. The summed E-state index contributed by atoms with van der Waals surface area (Å²) in [6.07, 6.45) is 0.669. The van der Waals surface area contributed by atoms with Gasteiger partial charge in [0.05, 0.1) is 0 Å². The summed E-state index contributed by atoms with van der Waals surface area (Å²) in [6.45, 7) is 4.14. The molecule has 1 amide bonds. The molecular weight excluding hydrogens is 178 g/mol. The molecule has 1 aromatic rings. The van der Waals surface area contributed by atoms with E-state index in [1.54, 1.807) is 26.0 Å². The second-order valence-corrected chi connectivity index (χ2v) is 2.84. The summed E-state index contributed by atoms with van der Waals surface area (Å²) in [6, 6.07) is 3.43. The lowest BCUT2D eigenvalue weighted by molar-refractivity contribution is 0.0925. The monoisotopic (exact) mass is 191 g/mol. The van der Waals surface area contributed by atoms with Gasteiger partial charge in [-0.05, 0) is 26.0 Å². The Morgan fingerprint density at radius 1 is 1.57 bits per heavy atom. The van der Waals surface area contributed by atoms with Crippen molar-refractivity contribution in [2.24, 2.45) is 0 Å². The van der Waals surface area contributed by atoms with Crippen molar-refractivity contribution in [1.29, 1.82) is 0 Å². The smallest absolute Gasteiger partial charge is 0.287 e. The molecule has 0 saturated carbocycles. The molecule has 0 saturated heterocycles. The fraction of sp³-hybridized carbons (Fsp3) is 0.364. The summed E-state index contributed by atoms with van der Waals surface area (Å²) in [7, 11) is 0. The Balaban J connectivity index is 2.38. The van der Waals surface area contributed by atoms with Gasteiger partial charge in [0.2, 0.25) is 0 Å². The summed E-state index contributed by atoms with van der Waals surface area (Å²) in [5.74, 6) is 6.53. The van der Waals surface area contributed by atoms with E-state index in [9.17, 15) is 4.79 Å². The molecule has 0 unspecified atom stereocenters. The molecule has 74 valence electrons. The van der Waals surface area contributed by atoms with Crippen LogP contribution < -0.4 is 5.32 Å². The molecule has 1 N–H and O–H groups in total. The van der Waals surface area contributed by atoms with E-state index in [1.807, 2.05) is 0 Å². The number of hydrogen-bond acceptors (Lipinski definition) is 2. The van der Waals surface area contributed by atoms with Crippen LogP contribution in [-0.4, -0.2) is 12.5 Å². The first-order valence-electron chi connectivity index (χ1n) is 4.48. The largest absolute Gasteiger partial charge is 0.456 e. The molecule has 0 atom stereocenters. The van der Waals surface area contributed by atoms with Crippen LogP contribution in [0.4, 0.5) is 0 Å². The molecule has 0 bridgehead atoms. The highest BCUT2D eigenvalue weighted by Gasteiger charge is 2.07. The summed E-state index contributed by atoms with van der Waals surface area (Å²) in [5.41, 5.74) is 0. The Morgan fingerprint density at radius 3 is 2.93 bits per heavy atom. The normalized spacial score (nSPS) is 9.00. The zero-order valence-corrected chi connectivity index (χ0v) is 8.39. The second-order valence-electron chi connectivity index (χ2n) is 2.84. The van der Waals surface area contributed by atoms with Gasteiger partial charge in [-0.2, -0.15) is 0 Å². The SMILES string of the molecule is CC#CCCNC(=O)c1ccc(C)o1. The van der Waals surface area contributed by atoms with Crippen LogP contribution in [0.1, 0.15) is 29.7 Å². The third kappa shape index (κ3) is 2.98. The molecule has 3 nitrogen and oxygen atoms in total. The topological polar surface area (TPSA) is 42.2 Å². The second kappa shape index (κ2) is 5.13. The van der Waals surface area contributed by atoms with Crippen LogP contribution >= 0.6 is 0 Å². The molecule has 0 aliphatic heterocycles. The van der Waals surface area contributed by atoms with E-state index in [0.29, 0.717) is 18.7 Å². The molecule has 0 aromatic carbocycles. The van der Waals surface area contributed by atoms with Crippen molar-refractivity contribution in [2.45, 2.75) is 20.3 Å². The molecule has 1 heterocycles. The van der Waals surface area contributed by atoms with Crippen LogP contribution in [0.3, 0.4) is 0 Å². The fourth-order valence-corrected chi connectivity index (χ4v) is 1.01. The number of rotatable bonds is 3. The molecule has 0 spiro atoms. The summed E-state index contributed by atoms with van der Waals surface area (Å²) >= 11 is 0. The van der Waals surface area contributed by atoms with Crippen LogP contribution in [0, 0.1) is 18.8 Å². The minimum absolute atomic E-state index is 0.184. The van der Waals surface area contributed by atoms with Crippen molar-refractivity contribution < 1.29 is 9.21 Å². The quantitative estimate of drug-likeness (QED) is 0.584.